The first kappa shape index (κ1) is 10.1. The zero-order valence-electron chi connectivity index (χ0n) is 7.22. The number of hydrogen-bond donors (Lipinski definition) is 0. The monoisotopic (exact) mass is 158 g/mol. The SMILES string of the molecule is CC(=O)CC[C@H](C)OC(C)=O. The number of rotatable bonds is 4. The van der Waals surface area contributed by atoms with E-state index in [0.29, 0.717) is 12.8 Å². The summed E-state index contributed by atoms with van der Waals surface area (Å²) in [5.74, 6) is -0.162. The van der Waals surface area contributed by atoms with E-state index in [0.717, 1.165) is 0 Å². The van der Waals surface area contributed by atoms with Crippen molar-refractivity contribution in [2.45, 2.75) is 39.7 Å². The number of ether oxygens (including phenoxy) is 1. The molecular weight excluding hydrogens is 144 g/mol. The third-order valence-corrected chi connectivity index (χ3v) is 1.27. The van der Waals surface area contributed by atoms with Crippen LogP contribution in [0, 0.1) is 0 Å². The van der Waals surface area contributed by atoms with E-state index in [1.807, 2.05) is 0 Å². The molecule has 0 radical (unpaired) electrons. The van der Waals surface area contributed by atoms with Gasteiger partial charge in [-0.05, 0) is 20.3 Å². The molecule has 0 aromatic carbocycles. The molecule has 0 rings (SSSR count). The molecule has 0 aliphatic carbocycles. The van der Waals surface area contributed by atoms with E-state index in [1.165, 1.54) is 13.8 Å². The second kappa shape index (κ2) is 4.88. The van der Waals surface area contributed by atoms with Crippen molar-refractivity contribution >= 4 is 11.8 Å². The summed E-state index contributed by atoms with van der Waals surface area (Å²) in [6, 6.07) is 0. The zero-order valence-corrected chi connectivity index (χ0v) is 7.22. The van der Waals surface area contributed by atoms with Crippen molar-refractivity contribution in [3.8, 4) is 0 Å². The van der Waals surface area contributed by atoms with Gasteiger partial charge < -0.3 is 9.53 Å². The molecule has 64 valence electrons. The Labute approximate surface area is 66.7 Å². The van der Waals surface area contributed by atoms with E-state index < -0.39 is 0 Å². The molecule has 3 heteroatoms. The van der Waals surface area contributed by atoms with Gasteiger partial charge in [-0.25, -0.2) is 0 Å². The van der Waals surface area contributed by atoms with Gasteiger partial charge in [0.15, 0.2) is 0 Å². The lowest BCUT2D eigenvalue weighted by atomic mass is 10.2. The van der Waals surface area contributed by atoms with E-state index in [1.54, 1.807) is 6.92 Å². The topological polar surface area (TPSA) is 43.4 Å². The summed E-state index contributed by atoms with van der Waals surface area (Å²) >= 11 is 0. The molecule has 1 atom stereocenters. The predicted octanol–water partition coefficient (Wildman–Crippen LogP) is 1.31. The van der Waals surface area contributed by atoms with Crippen LogP contribution < -0.4 is 0 Å². The van der Waals surface area contributed by atoms with Crippen LogP contribution in [0.1, 0.15) is 33.6 Å². The highest BCUT2D eigenvalue weighted by Gasteiger charge is 2.05. The van der Waals surface area contributed by atoms with Crippen LogP contribution in [-0.2, 0) is 14.3 Å². The Kier molecular flexibility index (Phi) is 4.50. The summed E-state index contributed by atoms with van der Waals surface area (Å²) < 4.78 is 4.81. The van der Waals surface area contributed by atoms with Gasteiger partial charge in [0.05, 0.1) is 6.10 Å². The van der Waals surface area contributed by atoms with E-state index in [-0.39, 0.29) is 17.9 Å². The third kappa shape index (κ3) is 7.03. The lowest BCUT2D eigenvalue weighted by Gasteiger charge is -2.09. The normalized spacial score (nSPS) is 12.3. The second-order valence-electron chi connectivity index (χ2n) is 2.66. The van der Waals surface area contributed by atoms with Crippen LogP contribution in [0.5, 0.6) is 0 Å². The van der Waals surface area contributed by atoms with Gasteiger partial charge in [0.2, 0.25) is 0 Å². The Bertz CT molecular complexity index is 151. The highest BCUT2D eigenvalue weighted by molar-refractivity contribution is 5.75. The van der Waals surface area contributed by atoms with Crippen molar-refractivity contribution in [3.63, 3.8) is 0 Å². The van der Waals surface area contributed by atoms with Gasteiger partial charge in [-0.15, -0.1) is 0 Å². The quantitative estimate of drug-likeness (QED) is 0.579. The Morgan fingerprint density at radius 1 is 1.36 bits per heavy atom. The maximum absolute atomic E-state index is 10.5. The van der Waals surface area contributed by atoms with E-state index in [4.69, 9.17) is 4.74 Å². The smallest absolute Gasteiger partial charge is 0.302 e. The molecule has 11 heavy (non-hydrogen) atoms. The summed E-state index contributed by atoms with van der Waals surface area (Å²) in [6.45, 7) is 4.68. The molecule has 3 nitrogen and oxygen atoms in total. The van der Waals surface area contributed by atoms with E-state index >= 15 is 0 Å². The molecule has 0 N–H and O–H groups in total. The molecule has 0 saturated carbocycles. The lowest BCUT2D eigenvalue weighted by molar-refractivity contribution is -0.146. The van der Waals surface area contributed by atoms with E-state index in [9.17, 15) is 9.59 Å². The third-order valence-electron chi connectivity index (χ3n) is 1.27. The first-order chi connectivity index (χ1) is 5.02. The van der Waals surface area contributed by atoms with Crippen molar-refractivity contribution in [2.75, 3.05) is 0 Å². The summed E-state index contributed by atoms with van der Waals surface area (Å²) in [5.41, 5.74) is 0. The van der Waals surface area contributed by atoms with Crippen LogP contribution in [-0.4, -0.2) is 17.9 Å². The fourth-order valence-electron chi connectivity index (χ4n) is 0.749. The molecule has 0 aromatic rings. The molecular formula is C8H14O3. The second-order valence-corrected chi connectivity index (χ2v) is 2.66. The number of Topliss-reactive ketones (excluding diaryl/α,β-unsaturated/α-hetero) is 1. The molecule has 0 heterocycles. The average Bonchev–Trinajstić information content (AvgIpc) is 1.82. The molecule has 0 fully saturated rings. The van der Waals surface area contributed by atoms with Crippen molar-refractivity contribution < 1.29 is 14.3 Å². The van der Waals surface area contributed by atoms with Gasteiger partial charge in [0.25, 0.3) is 0 Å². The van der Waals surface area contributed by atoms with Gasteiger partial charge in [0, 0.05) is 13.3 Å². The Morgan fingerprint density at radius 2 is 1.91 bits per heavy atom. The maximum Gasteiger partial charge on any atom is 0.302 e. The Balaban J connectivity index is 3.44. The fraction of sp³-hybridized carbons (Fsp3) is 0.750. The molecule has 0 saturated heterocycles. The minimum atomic E-state index is -0.291. The molecule has 0 aliphatic heterocycles. The fourth-order valence-corrected chi connectivity index (χ4v) is 0.749. The highest BCUT2D eigenvalue weighted by Crippen LogP contribution is 2.01. The van der Waals surface area contributed by atoms with Crippen LogP contribution in [0.2, 0.25) is 0 Å². The average molecular weight is 158 g/mol. The predicted molar refractivity (Wildman–Crippen MR) is 41.1 cm³/mol. The number of ketones is 1. The molecule has 0 amide bonds. The number of hydrogen-bond acceptors (Lipinski definition) is 3. The van der Waals surface area contributed by atoms with Gasteiger partial charge in [-0.2, -0.15) is 0 Å². The van der Waals surface area contributed by atoms with Gasteiger partial charge in [-0.3, -0.25) is 4.79 Å². The van der Waals surface area contributed by atoms with Crippen LogP contribution >= 0.6 is 0 Å². The first-order valence-electron chi connectivity index (χ1n) is 3.69. The lowest BCUT2D eigenvalue weighted by Crippen LogP contribution is -2.13. The Hall–Kier alpha value is -0.860. The van der Waals surface area contributed by atoms with Crippen LogP contribution in [0.3, 0.4) is 0 Å². The summed E-state index contributed by atoms with van der Waals surface area (Å²) in [6.07, 6.45) is 0.958. The largest absolute Gasteiger partial charge is 0.463 e. The number of carbonyl (C=O) groups is 2. The number of carbonyl (C=O) groups excluding carboxylic acids is 2. The van der Waals surface area contributed by atoms with Gasteiger partial charge >= 0.3 is 5.97 Å². The molecule has 0 spiro atoms. The summed E-state index contributed by atoms with van der Waals surface area (Å²) in [7, 11) is 0. The van der Waals surface area contributed by atoms with Crippen molar-refractivity contribution in [1.29, 1.82) is 0 Å². The van der Waals surface area contributed by atoms with Gasteiger partial charge in [0.1, 0.15) is 5.78 Å². The van der Waals surface area contributed by atoms with E-state index in [2.05, 4.69) is 0 Å². The first-order valence-corrected chi connectivity index (χ1v) is 3.69. The zero-order chi connectivity index (χ0) is 8.85. The summed E-state index contributed by atoms with van der Waals surface area (Å²) in [4.78, 5) is 20.9. The highest BCUT2D eigenvalue weighted by atomic mass is 16.5. The standard InChI is InChI=1S/C8H14O3/c1-6(9)4-5-7(2)11-8(3)10/h7H,4-5H2,1-3H3/t7-/m0/s1. The maximum atomic E-state index is 10.5. The minimum Gasteiger partial charge on any atom is -0.463 e. The minimum absolute atomic E-state index is 0.129. The van der Waals surface area contributed by atoms with Crippen LogP contribution in [0.4, 0.5) is 0 Å². The molecule has 0 bridgehead atoms. The Morgan fingerprint density at radius 3 is 2.27 bits per heavy atom. The number of esters is 1. The molecule has 0 aromatic heterocycles. The van der Waals surface area contributed by atoms with Crippen LogP contribution in [0.25, 0.3) is 0 Å². The van der Waals surface area contributed by atoms with Crippen molar-refractivity contribution in [2.24, 2.45) is 0 Å². The molecule has 0 unspecified atom stereocenters. The van der Waals surface area contributed by atoms with Crippen LogP contribution in [0.15, 0.2) is 0 Å². The summed E-state index contributed by atoms with van der Waals surface area (Å²) in [5, 5.41) is 0. The van der Waals surface area contributed by atoms with Crippen molar-refractivity contribution in [1.82, 2.24) is 0 Å². The van der Waals surface area contributed by atoms with Crippen molar-refractivity contribution in [3.05, 3.63) is 0 Å². The molecule has 0 aliphatic rings. The van der Waals surface area contributed by atoms with Gasteiger partial charge in [-0.1, -0.05) is 0 Å².